The number of fused-ring (bicyclic) bond motifs is 2. The number of hydrogen-bond donors (Lipinski definition) is 0. The van der Waals surface area contributed by atoms with E-state index in [1.54, 1.807) is 9.36 Å². The molecule has 3 aromatic rings. The number of ether oxygens (including phenoxy) is 1. The summed E-state index contributed by atoms with van der Waals surface area (Å²) in [7, 11) is 3.68. The van der Waals surface area contributed by atoms with E-state index in [1.807, 2.05) is 50.3 Å². The van der Waals surface area contributed by atoms with Crippen molar-refractivity contribution in [3.8, 4) is 5.75 Å². The van der Waals surface area contributed by atoms with Crippen molar-refractivity contribution >= 4 is 22.6 Å². The highest BCUT2D eigenvalue weighted by molar-refractivity contribution is 5.99. The lowest BCUT2D eigenvalue weighted by Gasteiger charge is -2.43. The van der Waals surface area contributed by atoms with Crippen molar-refractivity contribution in [2.24, 2.45) is 14.1 Å². The number of nitrogens with zero attached hydrogens (tertiary/aromatic N) is 5. The summed E-state index contributed by atoms with van der Waals surface area (Å²) < 4.78 is 9.76. The molecule has 2 aliphatic heterocycles. The van der Waals surface area contributed by atoms with Crippen molar-refractivity contribution < 1.29 is 14.3 Å². The Morgan fingerprint density at radius 1 is 1.17 bits per heavy atom. The first-order chi connectivity index (χ1) is 13.8. The maximum Gasteiger partial charge on any atom is 0.253 e. The van der Waals surface area contributed by atoms with Gasteiger partial charge in [-0.2, -0.15) is 10.2 Å². The van der Waals surface area contributed by atoms with E-state index in [0.29, 0.717) is 49.4 Å². The molecule has 0 saturated carbocycles. The third-order valence-electron chi connectivity index (χ3n) is 6.17. The van der Waals surface area contributed by atoms with E-state index >= 15 is 0 Å². The Morgan fingerprint density at radius 3 is 2.69 bits per heavy atom. The lowest BCUT2D eigenvalue weighted by molar-refractivity contribution is -0.00626. The largest absolute Gasteiger partial charge is 0.482 e. The van der Waals surface area contributed by atoms with E-state index in [9.17, 15) is 9.59 Å². The minimum atomic E-state index is -0.540. The predicted molar refractivity (Wildman–Crippen MR) is 106 cm³/mol. The third-order valence-corrected chi connectivity index (χ3v) is 6.17. The van der Waals surface area contributed by atoms with Gasteiger partial charge >= 0.3 is 0 Å². The van der Waals surface area contributed by atoms with Crippen molar-refractivity contribution in [2.45, 2.75) is 31.8 Å². The van der Waals surface area contributed by atoms with Gasteiger partial charge in [-0.15, -0.1) is 0 Å². The van der Waals surface area contributed by atoms with Crippen molar-refractivity contribution in [3.05, 3.63) is 41.3 Å². The molecule has 1 amide bonds. The summed E-state index contributed by atoms with van der Waals surface area (Å²) in [6, 6.07) is 5.60. The second-order valence-electron chi connectivity index (χ2n) is 8.14. The van der Waals surface area contributed by atoms with Crippen LogP contribution >= 0.6 is 0 Å². The summed E-state index contributed by atoms with van der Waals surface area (Å²) in [6.45, 7) is 3.03. The fourth-order valence-corrected chi connectivity index (χ4v) is 4.38. The summed E-state index contributed by atoms with van der Waals surface area (Å²) >= 11 is 0. The van der Waals surface area contributed by atoms with Gasteiger partial charge in [0.1, 0.15) is 5.60 Å². The zero-order valence-corrected chi connectivity index (χ0v) is 16.8. The molecule has 1 aromatic carbocycles. The van der Waals surface area contributed by atoms with Gasteiger partial charge in [0.05, 0.1) is 17.6 Å². The Labute approximate surface area is 168 Å². The summed E-state index contributed by atoms with van der Waals surface area (Å²) in [5, 5.41) is 9.60. The van der Waals surface area contributed by atoms with Crippen LogP contribution in [-0.4, -0.2) is 54.8 Å². The first-order valence-electron chi connectivity index (χ1n) is 9.84. The number of rotatable bonds is 1. The number of piperidine rings is 1. The number of carbonyl (C=O) groups excluding carboxylic acids is 2. The van der Waals surface area contributed by atoms with Crippen LogP contribution in [0.1, 0.15) is 45.8 Å². The second kappa shape index (κ2) is 6.17. The number of Topliss-reactive ketones (excluding diaryl/α,β-unsaturated/α-hetero) is 1. The minimum absolute atomic E-state index is 0.00554. The van der Waals surface area contributed by atoms with E-state index < -0.39 is 5.60 Å². The molecule has 5 rings (SSSR count). The van der Waals surface area contributed by atoms with Crippen molar-refractivity contribution in [2.75, 3.05) is 13.1 Å². The summed E-state index contributed by atoms with van der Waals surface area (Å²) in [4.78, 5) is 27.5. The number of benzene rings is 1. The average molecular weight is 393 g/mol. The normalized spacial score (nSPS) is 18.2. The highest BCUT2D eigenvalue weighted by Crippen LogP contribution is 2.40. The molecule has 2 aromatic heterocycles. The van der Waals surface area contributed by atoms with Gasteiger partial charge in [-0.05, 0) is 25.1 Å². The number of carbonyl (C=O) groups is 2. The van der Waals surface area contributed by atoms with E-state index in [-0.39, 0.29) is 11.7 Å². The van der Waals surface area contributed by atoms with Crippen LogP contribution < -0.4 is 4.74 Å². The van der Waals surface area contributed by atoms with Gasteiger partial charge in [0.25, 0.3) is 5.91 Å². The molecule has 0 bridgehead atoms. The smallest absolute Gasteiger partial charge is 0.253 e. The SMILES string of the molecule is Cc1c2c(nn1C)C(=O)CC1(CCN(C(=O)c3ccc4nn(C)cc4c3)CC1)O2. The molecule has 4 heterocycles. The van der Waals surface area contributed by atoms with Gasteiger partial charge in [0, 0.05) is 57.2 Å². The number of hydrogen-bond acceptors (Lipinski definition) is 5. The van der Waals surface area contributed by atoms with Gasteiger partial charge in [-0.1, -0.05) is 0 Å². The molecule has 8 nitrogen and oxygen atoms in total. The first kappa shape index (κ1) is 17.9. The standard InChI is InChI=1S/C21H23N5O3/c1-13-19-18(23-25(13)3)17(27)11-21(29-19)6-8-26(9-7-21)20(28)14-4-5-16-15(10-14)12-24(2)22-16/h4-5,10,12H,6-9,11H2,1-3H3. The van der Waals surface area contributed by atoms with Crippen molar-refractivity contribution in [3.63, 3.8) is 0 Å². The monoisotopic (exact) mass is 393 g/mol. The van der Waals surface area contributed by atoms with Crippen LogP contribution in [0.3, 0.4) is 0 Å². The lowest BCUT2D eigenvalue weighted by atomic mass is 9.83. The van der Waals surface area contributed by atoms with Crippen molar-refractivity contribution in [1.82, 2.24) is 24.5 Å². The molecule has 0 atom stereocenters. The number of ketones is 1. The predicted octanol–water partition coefficient (Wildman–Crippen LogP) is 2.26. The summed E-state index contributed by atoms with van der Waals surface area (Å²) in [6.07, 6.45) is 3.49. The highest BCUT2D eigenvalue weighted by atomic mass is 16.5. The van der Waals surface area contributed by atoms with Crippen LogP contribution in [0.2, 0.25) is 0 Å². The molecular formula is C21H23N5O3. The van der Waals surface area contributed by atoms with Crippen LogP contribution in [0.15, 0.2) is 24.4 Å². The fraction of sp³-hybridized carbons (Fsp3) is 0.429. The molecule has 29 heavy (non-hydrogen) atoms. The van der Waals surface area contributed by atoms with Gasteiger partial charge < -0.3 is 9.64 Å². The molecule has 150 valence electrons. The quantitative estimate of drug-likeness (QED) is 0.633. The van der Waals surface area contributed by atoms with Gasteiger partial charge in [-0.3, -0.25) is 19.0 Å². The van der Waals surface area contributed by atoms with E-state index in [0.717, 1.165) is 16.6 Å². The number of amides is 1. The molecule has 1 fully saturated rings. The molecule has 1 spiro atoms. The zero-order chi connectivity index (χ0) is 20.3. The van der Waals surface area contributed by atoms with E-state index in [2.05, 4.69) is 10.2 Å². The Kier molecular flexibility index (Phi) is 3.81. The molecule has 2 aliphatic rings. The topological polar surface area (TPSA) is 82.3 Å². The van der Waals surface area contributed by atoms with Crippen LogP contribution in [-0.2, 0) is 14.1 Å². The van der Waals surface area contributed by atoms with Crippen LogP contribution in [0.5, 0.6) is 5.75 Å². The third kappa shape index (κ3) is 2.82. The summed E-state index contributed by atoms with van der Waals surface area (Å²) in [5.74, 6) is 0.633. The fourth-order valence-electron chi connectivity index (χ4n) is 4.38. The van der Waals surface area contributed by atoms with Gasteiger partial charge in [0.15, 0.2) is 17.2 Å². The van der Waals surface area contributed by atoms with Gasteiger partial charge in [-0.25, -0.2) is 0 Å². The zero-order valence-electron chi connectivity index (χ0n) is 16.8. The van der Waals surface area contributed by atoms with E-state index in [1.165, 1.54) is 0 Å². The number of aromatic nitrogens is 4. The van der Waals surface area contributed by atoms with Crippen LogP contribution in [0.25, 0.3) is 10.9 Å². The van der Waals surface area contributed by atoms with Crippen molar-refractivity contribution in [1.29, 1.82) is 0 Å². The lowest BCUT2D eigenvalue weighted by Crippen LogP contribution is -2.52. The Balaban J connectivity index is 1.34. The Morgan fingerprint density at radius 2 is 1.93 bits per heavy atom. The molecule has 0 N–H and O–H groups in total. The second-order valence-corrected chi connectivity index (χ2v) is 8.14. The number of aryl methyl sites for hydroxylation is 2. The minimum Gasteiger partial charge on any atom is -0.482 e. The Bertz CT molecular complexity index is 1150. The maximum atomic E-state index is 13.0. The molecule has 0 unspecified atom stereocenters. The maximum absolute atomic E-state index is 13.0. The highest BCUT2D eigenvalue weighted by Gasteiger charge is 2.45. The molecule has 0 aliphatic carbocycles. The molecule has 0 radical (unpaired) electrons. The first-order valence-corrected chi connectivity index (χ1v) is 9.84. The van der Waals surface area contributed by atoms with Gasteiger partial charge in [0.2, 0.25) is 0 Å². The molecular weight excluding hydrogens is 370 g/mol. The average Bonchev–Trinajstić information content (AvgIpc) is 3.21. The molecule has 8 heteroatoms. The van der Waals surface area contributed by atoms with E-state index in [4.69, 9.17) is 4.74 Å². The van der Waals surface area contributed by atoms with Crippen LogP contribution in [0.4, 0.5) is 0 Å². The summed E-state index contributed by atoms with van der Waals surface area (Å²) in [5.41, 5.74) is 2.28. The number of likely N-dealkylation sites (tertiary alicyclic amines) is 1. The Hall–Kier alpha value is -3.16. The molecule has 1 saturated heterocycles. The van der Waals surface area contributed by atoms with Crippen LogP contribution in [0, 0.1) is 6.92 Å².